The van der Waals surface area contributed by atoms with Crippen molar-refractivity contribution >= 4 is 34.5 Å². The third-order valence-corrected chi connectivity index (χ3v) is 5.08. The van der Waals surface area contributed by atoms with Gasteiger partial charge in [-0.05, 0) is 63.9 Å². The van der Waals surface area contributed by atoms with E-state index in [0.29, 0.717) is 11.6 Å². The minimum atomic E-state index is -0.157. The molecule has 4 nitrogen and oxygen atoms in total. The lowest BCUT2D eigenvalue weighted by molar-refractivity contribution is -0.120. The molecular formula is C26H21ClN2O2. The Kier molecular flexibility index (Phi) is 6.60. The maximum atomic E-state index is 12.3. The molecule has 0 spiro atoms. The predicted octanol–water partition coefficient (Wildman–Crippen LogP) is 5.77. The fraction of sp³-hybridized carbons (Fsp3) is 0.0769. The van der Waals surface area contributed by atoms with Crippen LogP contribution in [0.15, 0.2) is 96.1 Å². The average molecular weight is 429 g/mol. The SMILES string of the molecule is O=C(Cc1cccc2ccccc12)NN=Cc1ccc(OCc2ccc(Cl)cc2)cc1. The van der Waals surface area contributed by atoms with E-state index in [-0.39, 0.29) is 12.3 Å². The molecule has 0 aromatic heterocycles. The van der Waals surface area contributed by atoms with Crippen LogP contribution in [0.3, 0.4) is 0 Å². The summed E-state index contributed by atoms with van der Waals surface area (Å²) in [7, 11) is 0. The van der Waals surface area contributed by atoms with Gasteiger partial charge in [-0.3, -0.25) is 4.79 Å². The van der Waals surface area contributed by atoms with Crippen molar-refractivity contribution in [2.75, 3.05) is 0 Å². The first-order valence-corrected chi connectivity index (χ1v) is 10.3. The Hall–Kier alpha value is -3.63. The highest BCUT2D eigenvalue weighted by Gasteiger charge is 2.06. The van der Waals surface area contributed by atoms with Gasteiger partial charge in [0.2, 0.25) is 5.91 Å². The summed E-state index contributed by atoms with van der Waals surface area (Å²) in [6, 6.07) is 29.1. The molecule has 0 heterocycles. The number of hydrogen-bond acceptors (Lipinski definition) is 3. The lowest BCUT2D eigenvalue weighted by Crippen LogP contribution is -2.19. The van der Waals surface area contributed by atoms with Crippen molar-refractivity contribution in [3.8, 4) is 5.75 Å². The van der Waals surface area contributed by atoms with E-state index in [1.165, 1.54) is 0 Å². The fourth-order valence-electron chi connectivity index (χ4n) is 3.24. The predicted molar refractivity (Wildman–Crippen MR) is 126 cm³/mol. The van der Waals surface area contributed by atoms with E-state index in [9.17, 15) is 4.79 Å². The molecule has 0 radical (unpaired) electrons. The second-order valence-corrected chi connectivity index (χ2v) is 7.53. The highest BCUT2D eigenvalue weighted by atomic mass is 35.5. The largest absolute Gasteiger partial charge is 0.489 e. The summed E-state index contributed by atoms with van der Waals surface area (Å²) in [6.45, 7) is 0.467. The van der Waals surface area contributed by atoms with Gasteiger partial charge in [0.15, 0.2) is 0 Å². The number of carbonyl (C=O) groups is 1. The number of ether oxygens (including phenoxy) is 1. The smallest absolute Gasteiger partial charge is 0.244 e. The fourth-order valence-corrected chi connectivity index (χ4v) is 3.36. The molecule has 4 aromatic carbocycles. The number of fused-ring (bicyclic) bond motifs is 1. The summed E-state index contributed by atoms with van der Waals surface area (Å²) in [5.41, 5.74) is 5.49. The van der Waals surface area contributed by atoms with Crippen LogP contribution in [-0.2, 0) is 17.8 Å². The number of amides is 1. The van der Waals surface area contributed by atoms with Crippen molar-refractivity contribution in [2.45, 2.75) is 13.0 Å². The second kappa shape index (κ2) is 9.92. The zero-order chi connectivity index (χ0) is 21.5. The summed E-state index contributed by atoms with van der Waals surface area (Å²) in [5, 5.41) is 6.98. The Bertz CT molecular complexity index is 1200. The van der Waals surface area contributed by atoms with Gasteiger partial charge in [-0.2, -0.15) is 5.10 Å². The van der Waals surface area contributed by atoms with E-state index >= 15 is 0 Å². The molecule has 0 aliphatic heterocycles. The molecule has 0 aliphatic rings. The summed E-state index contributed by atoms with van der Waals surface area (Å²) < 4.78 is 5.77. The molecule has 0 saturated heterocycles. The van der Waals surface area contributed by atoms with Crippen molar-refractivity contribution in [3.63, 3.8) is 0 Å². The van der Waals surface area contributed by atoms with Gasteiger partial charge in [-0.1, -0.05) is 66.2 Å². The Morgan fingerprint density at radius 1 is 0.903 bits per heavy atom. The van der Waals surface area contributed by atoms with Crippen LogP contribution in [0.1, 0.15) is 16.7 Å². The monoisotopic (exact) mass is 428 g/mol. The Balaban J connectivity index is 1.29. The van der Waals surface area contributed by atoms with Crippen LogP contribution in [0, 0.1) is 0 Å². The van der Waals surface area contributed by atoms with Crippen molar-refractivity contribution in [1.29, 1.82) is 0 Å². The van der Waals surface area contributed by atoms with Crippen LogP contribution in [0.4, 0.5) is 0 Å². The summed E-state index contributed by atoms with van der Waals surface area (Å²) in [4.78, 5) is 12.3. The quantitative estimate of drug-likeness (QED) is 0.300. The van der Waals surface area contributed by atoms with Gasteiger partial charge in [0.05, 0.1) is 12.6 Å². The van der Waals surface area contributed by atoms with E-state index in [0.717, 1.165) is 33.2 Å². The first-order chi connectivity index (χ1) is 15.2. The van der Waals surface area contributed by atoms with Gasteiger partial charge >= 0.3 is 0 Å². The van der Waals surface area contributed by atoms with Crippen LogP contribution in [0.5, 0.6) is 5.75 Å². The zero-order valence-corrected chi connectivity index (χ0v) is 17.5. The molecule has 5 heteroatoms. The highest BCUT2D eigenvalue weighted by molar-refractivity contribution is 6.30. The van der Waals surface area contributed by atoms with Gasteiger partial charge in [-0.25, -0.2) is 5.43 Å². The zero-order valence-electron chi connectivity index (χ0n) is 16.8. The highest BCUT2D eigenvalue weighted by Crippen LogP contribution is 2.19. The number of hydrogen-bond donors (Lipinski definition) is 1. The van der Waals surface area contributed by atoms with Crippen molar-refractivity contribution in [2.24, 2.45) is 5.10 Å². The second-order valence-electron chi connectivity index (χ2n) is 7.09. The Labute approximate surface area is 186 Å². The maximum absolute atomic E-state index is 12.3. The number of carbonyl (C=O) groups excluding carboxylic acids is 1. The number of nitrogens with zero attached hydrogens (tertiary/aromatic N) is 1. The van der Waals surface area contributed by atoms with Crippen LogP contribution in [0.25, 0.3) is 10.8 Å². The van der Waals surface area contributed by atoms with E-state index in [1.54, 1.807) is 6.21 Å². The van der Waals surface area contributed by atoms with E-state index in [2.05, 4.69) is 10.5 Å². The molecule has 31 heavy (non-hydrogen) atoms. The summed E-state index contributed by atoms with van der Waals surface area (Å²) in [6.07, 6.45) is 1.89. The summed E-state index contributed by atoms with van der Waals surface area (Å²) in [5.74, 6) is 0.600. The molecule has 4 aromatic rings. The third kappa shape index (κ3) is 5.71. The molecule has 0 atom stereocenters. The van der Waals surface area contributed by atoms with Crippen LogP contribution in [0.2, 0.25) is 5.02 Å². The van der Waals surface area contributed by atoms with Crippen molar-refractivity contribution in [3.05, 3.63) is 113 Å². The topological polar surface area (TPSA) is 50.7 Å². The Morgan fingerprint density at radius 2 is 1.65 bits per heavy atom. The van der Waals surface area contributed by atoms with Gasteiger partial charge < -0.3 is 4.74 Å². The summed E-state index contributed by atoms with van der Waals surface area (Å²) >= 11 is 5.89. The van der Waals surface area contributed by atoms with Gasteiger partial charge in [0.1, 0.15) is 12.4 Å². The molecular weight excluding hydrogens is 408 g/mol. The first kappa shape index (κ1) is 20.6. The minimum Gasteiger partial charge on any atom is -0.489 e. The van der Waals surface area contributed by atoms with Gasteiger partial charge in [0, 0.05) is 5.02 Å². The van der Waals surface area contributed by atoms with Crippen LogP contribution >= 0.6 is 11.6 Å². The van der Waals surface area contributed by atoms with Gasteiger partial charge in [0.25, 0.3) is 0 Å². The minimum absolute atomic E-state index is 0.157. The number of nitrogens with one attached hydrogen (secondary N) is 1. The lowest BCUT2D eigenvalue weighted by atomic mass is 10.0. The van der Waals surface area contributed by atoms with Crippen LogP contribution < -0.4 is 10.2 Å². The third-order valence-electron chi connectivity index (χ3n) is 4.83. The number of halogens is 1. The molecule has 0 saturated carbocycles. The molecule has 0 bridgehead atoms. The molecule has 0 fully saturated rings. The number of hydrazone groups is 1. The normalized spacial score (nSPS) is 11.0. The van der Waals surface area contributed by atoms with Crippen LogP contribution in [-0.4, -0.2) is 12.1 Å². The lowest BCUT2D eigenvalue weighted by Gasteiger charge is -2.07. The molecule has 1 amide bonds. The van der Waals surface area contributed by atoms with E-state index < -0.39 is 0 Å². The van der Waals surface area contributed by atoms with E-state index in [4.69, 9.17) is 16.3 Å². The first-order valence-electron chi connectivity index (χ1n) is 9.93. The molecule has 0 unspecified atom stereocenters. The number of benzene rings is 4. The standard InChI is InChI=1S/C26H21ClN2O2/c27-23-12-8-20(9-13-23)18-31-24-14-10-19(11-15-24)17-28-29-26(30)16-22-6-3-5-21-4-1-2-7-25(21)22/h1-15,17H,16,18H2,(H,29,30). The molecule has 0 aliphatic carbocycles. The van der Waals surface area contributed by atoms with Crippen molar-refractivity contribution < 1.29 is 9.53 Å². The molecule has 4 rings (SSSR count). The number of rotatable bonds is 7. The average Bonchev–Trinajstić information content (AvgIpc) is 2.80. The van der Waals surface area contributed by atoms with Crippen molar-refractivity contribution in [1.82, 2.24) is 5.43 Å². The van der Waals surface area contributed by atoms with Gasteiger partial charge in [-0.15, -0.1) is 0 Å². The Morgan fingerprint density at radius 3 is 2.45 bits per heavy atom. The van der Waals surface area contributed by atoms with E-state index in [1.807, 2.05) is 91.0 Å². The molecule has 1 N–H and O–H groups in total. The molecule has 154 valence electrons. The maximum Gasteiger partial charge on any atom is 0.244 e.